The molecule has 96 valence electrons. The second kappa shape index (κ2) is 5.23. The minimum Gasteiger partial charge on any atom is -0.463 e. The fourth-order valence-electron chi connectivity index (χ4n) is 1.61. The van der Waals surface area contributed by atoms with Crippen LogP contribution in [0, 0.1) is 11.3 Å². The molecule has 0 bridgehead atoms. The van der Waals surface area contributed by atoms with Crippen molar-refractivity contribution in [1.29, 1.82) is 5.26 Å². The number of hydrogen-bond acceptors (Lipinski definition) is 5. The Morgan fingerprint density at radius 2 is 2.37 bits per heavy atom. The maximum atomic E-state index is 11.8. The molecule has 0 radical (unpaired) electrons. The molecule has 19 heavy (non-hydrogen) atoms. The van der Waals surface area contributed by atoms with E-state index in [4.69, 9.17) is 14.4 Å². The highest BCUT2D eigenvalue weighted by atomic mass is 16.5. The van der Waals surface area contributed by atoms with Crippen LogP contribution in [-0.4, -0.2) is 17.6 Å². The number of carbonyl (C=O) groups is 1. The Kier molecular flexibility index (Phi) is 3.48. The van der Waals surface area contributed by atoms with Crippen molar-refractivity contribution in [2.75, 3.05) is 6.61 Å². The standard InChI is InChI=1S/C13H10N2O4/c1-2-18-13(17)8-6-10(11-4-3-5-19-11)15-12(16)9(8)7-14/h3-6H,2H2,1H3,(H,15,16). The van der Waals surface area contributed by atoms with E-state index in [0.717, 1.165) is 0 Å². The van der Waals surface area contributed by atoms with Crippen LogP contribution in [0.5, 0.6) is 0 Å². The van der Waals surface area contributed by atoms with E-state index in [2.05, 4.69) is 4.98 Å². The molecule has 2 aromatic rings. The van der Waals surface area contributed by atoms with Gasteiger partial charge in [0.25, 0.3) is 5.56 Å². The van der Waals surface area contributed by atoms with Crippen molar-refractivity contribution in [2.24, 2.45) is 0 Å². The maximum Gasteiger partial charge on any atom is 0.339 e. The highest BCUT2D eigenvalue weighted by molar-refractivity contribution is 5.93. The average molecular weight is 258 g/mol. The molecule has 0 amide bonds. The smallest absolute Gasteiger partial charge is 0.339 e. The molecular weight excluding hydrogens is 248 g/mol. The number of rotatable bonds is 3. The van der Waals surface area contributed by atoms with Crippen molar-refractivity contribution < 1.29 is 13.9 Å². The summed E-state index contributed by atoms with van der Waals surface area (Å²) >= 11 is 0. The lowest BCUT2D eigenvalue weighted by Crippen LogP contribution is -2.18. The van der Waals surface area contributed by atoms with Gasteiger partial charge in [-0.2, -0.15) is 5.26 Å². The Hall–Kier alpha value is -2.81. The summed E-state index contributed by atoms with van der Waals surface area (Å²) in [6.07, 6.45) is 1.44. The molecule has 0 saturated carbocycles. The van der Waals surface area contributed by atoms with E-state index in [1.54, 1.807) is 25.1 Å². The van der Waals surface area contributed by atoms with E-state index in [-0.39, 0.29) is 17.7 Å². The molecule has 0 aliphatic carbocycles. The zero-order valence-electron chi connectivity index (χ0n) is 10.1. The first-order chi connectivity index (χ1) is 9.17. The van der Waals surface area contributed by atoms with Crippen LogP contribution in [0.3, 0.4) is 0 Å². The van der Waals surface area contributed by atoms with Gasteiger partial charge in [0.2, 0.25) is 0 Å². The van der Waals surface area contributed by atoms with Gasteiger partial charge >= 0.3 is 5.97 Å². The molecule has 0 unspecified atom stereocenters. The van der Waals surface area contributed by atoms with Crippen molar-refractivity contribution >= 4 is 5.97 Å². The summed E-state index contributed by atoms with van der Waals surface area (Å²) in [6, 6.07) is 6.35. The van der Waals surface area contributed by atoms with Gasteiger partial charge in [-0.1, -0.05) is 0 Å². The van der Waals surface area contributed by atoms with Crippen LogP contribution in [0.2, 0.25) is 0 Å². The lowest BCUT2D eigenvalue weighted by Gasteiger charge is -2.05. The average Bonchev–Trinajstić information content (AvgIpc) is 2.92. The third-order valence-electron chi connectivity index (χ3n) is 2.43. The minimum absolute atomic E-state index is 0.0699. The summed E-state index contributed by atoms with van der Waals surface area (Å²) in [5.74, 6) is -0.315. The predicted octanol–water partition coefficient (Wildman–Crippen LogP) is 1.68. The maximum absolute atomic E-state index is 11.8. The Morgan fingerprint density at radius 1 is 1.58 bits per heavy atom. The zero-order chi connectivity index (χ0) is 13.8. The Bertz CT molecular complexity index is 692. The van der Waals surface area contributed by atoms with Crippen LogP contribution in [0.1, 0.15) is 22.8 Å². The normalized spacial score (nSPS) is 9.89. The van der Waals surface area contributed by atoms with E-state index in [9.17, 15) is 9.59 Å². The van der Waals surface area contributed by atoms with E-state index >= 15 is 0 Å². The number of H-pyrrole nitrogens is 1. The number of esters is 1. The van der Waals surface area contributed by atoms with Crippen LogP contribution in [0.4, 0.5) is 0 Å². The first-order valence-electron chi connectivity index (χ1n) is 5.55. The van der Waals surface area contributed by atoms with E-state index in [1.165, 1.54) is 12.3 Å². The predicted molar refractivity (Wildman–Crippen MR) is 65.4 cm³/mol. The van der Waals surface area contributed by atoms with Crippen molar-refractivity contribution in [3.63, 3.8) is 0 Å². The second-order valence-electron chi connectivity index (χ2n) is 3.61. The number of nitrogens with zero attached hydrogens (tertiary/aromatic N) is 1. The van der Waals surface area contributed by atoms with Crippen molar-refractivity contribution in [3.05, 3.63) is 45.9 Å². The molecule has 6 heteroatoms. The van der Waals surface area contributed by atoms with Gasteiger partial charge in [-0.15, -0.1) is 0 Å². The van der Waals surface area contributed by atoms with Gasteiger partial charge in [-0.05, 0) is 25.1 Å². The van der Waals surface area contributed by atoms with Gasteiger partial charge in [0.05, 0.1) is 24.1 Å². The van der Waals surface area contributed by atoms with Crippen LogP contribution in [0.25, 0.3) is 11.5 Å². The number of nitriles is 1. The van der Waals surface area contributed by atoms with Gasteiger partial charge < -0.3 is 14.1 Å². The lowest BCUT2D eigenvalue weighted by atomic mass is 10.1. The van der Waals surface area contributed by atoms with Crippen LogP contribution in [0.15, 0.2) is 33.7 Å². The summed E-state index contributed by atoms with van der Waals surface area (Å²) in [6.45, 7) is 1.80. The molecule has 0 aliphatic heterocycles. The quantitative estimate of drug-likeness (QED) is 0.845. The number of nitrogens with one attached hydrogen (secondary N) is 1. The molecule has 0 spiro atoms. The number of aromatic amines is 1. The first-order valence-corrected chi connectivity index (χ1v) is 5.55. The number of hydrogen-bond donors (Lipinski definition) is 1. The van der Waals surface area contributed by atoms with Crippen molar-refractivity contribution in [3.8, 4) is 17.5 Å². The summed E-state index contributed by atoms with van der Waals surface area (Å²) < 4.78 is 9.96. The van der Waals surface area contributed by atoms with Gasteiger partial charge in [0.1, 0.15) is 17.4 Å². The van der Waals surface area contributed by atoms with Crippen LogP contribution >= 0.6 is 0 Å². The summed E-state index contributed by atoms with van der Waals surface area (Å²) in [4.78, 5) is 26.0. The monoisotopic (exact) mass is 258 g/mol. The molecule has 2 aromatic heterocycles. The molecule has 0 aliphatic rings. The fraction of sp³-hybridized carbons (Fsp3) is 0.154. The van der Waals surface area contributed by atoms with Gasteiger partial charge in [0.15, 0.2) is 0 Å². The van der Waals surface area contributed by atoms with E-state index in [1.807, 2.05) is 0 Å². The first kappa shape index (κ1) is 12.6. The summed E-state index contributed by atoms with van der Waals surface area (Å²) in [7, 11) is 0. The number of pyridine rings is 1. The molecule has 6 nitrogen and oxygen atoms in total. The van der Waals surface area contributed by atoms with Crippen molar-refractivity contribution in [2.45, 2.75) is 6.92 Å². The second-order valence-corrected chi connectivity index (χ2v) is 3.61. The van der Waals surface area contributed by atoms with Crippen LogP contribution < -0.4 is 5.56 Å². The molecule has 0 aromatic carbocycles. The number of carbonyl (C=O) groups excluding carboxylic acids is 1. The fourth-order valence-corrected chi connectivity index (χ4v) is 1.61. The van der Waals surface area contributed by atoms with Gasteiger partial charge in [0, 0.05) is 0 Å². The number of ether oxygens (including phenoxy) is 1. The molecule has 2 rings (SSSR count). The Balaban J connectivity index is 2.61. The minimum atomic E-state index is -0.710. The molecule has 0 fully saturated rings. The van der Waals surface area contributed by atoms with Crippen molar-refractivity contribution in [1.82, 2.24) is 4.98 Å². The van der Waals surface area contributed by atoms with Crippen LogP contribution in [-0.2, 0) is 4.74 Å². The SMILES string of the molecule is CCOC(=O)c1cc(-c2ccco2)[nH]c(=O)c1C#N. The Morgan fingerprint density at radius 3 is 2.95 bits per heavy atom. The van der Waals surface area contributed by atoms with E-state index in [0.29, 0.717) is 11.5 Å². The third-order valence-corrected chi connectivity index (χ3v) is 2.43. The number of aromatic nitrogens is 1. The number of furan rings is 1. The molecule has 0 atom stereocenters. The molecule has 0 saturated heterocycles. The summed E-state index contributed by atoms with van der Waals surface area (Å²) in [5.41, 5.74) is -0.676. The molecule has 2 heterocycles. The molecule has 1 N–H and O–H groups in total. The van der Waals surface area contributed by atoms with Gasteiger partial charge in [-0.25, -0.2) is 4.79 Å². The lowest BCUT2D eigenvalue weighted by molar-refractivity contribution is 0.0525. The Labute approximate surface area is 108 Å². The zero-order valence-corrected chi connectivity index (χ0v) is 10.1. The largest absolute Gasteiger partial charge is 0.463 e. The van der Waals surface area contributed by atoms with Gasteiger partial charge in [-0.3, -0.25) is 4.79 Å². The van der Waals surface area contributed by atoms with E-state index < -0.39 is 11.5 Å². The highest BCUT2D eigenvalue weighted by Crippen LogP contribution is 2.18. The summed E-state index contributed by atoms with van der Waals surface area (Å²) in [5, 5.41) is 8.94. The highest BCUT2D eigenvalue weighted by Gasteiger charge is 2.18. The topological polar surface area (TPSA) is 96.1 Å². The third kappa shape index (κ3) is 2.40. The molecular formula is C13H10N2O4.